The maximum atomic E-state index is 13.8. The number of halogens is 1. The summed E-state index contributed by atoms with van der Waals surface area (Å²) < 4.78 is 13.8. The highest BCUT2D eigenvalue weighted by molar-refractivity contribution is 7.09. The van der Waals surface area contributed by atoms with Crippen LogP contribution in [0.4, 0.5) is 14.9 Å². The Labute approximate surface area is 142 Å². The molecule has 3 heterocycles. The Morgan fingerprint density at radius 3 is 3.09 bits per heavy atom. The first-order valence-corrected chi connectivity index (χ1v) is 9.28. The van der Waals surface area contributed by atoms with Gasteiger partial charge in [-0.25, -0.2) is 14.2 Å². The first-order chi connectivity index (χ1) is 11.1. The molecule has 0 aliphatic carbocycles. The molecule has 2 amide bonds. The zero-order valence-electron chi connectivity index (χ0n) is 12.8. The van der Waals surface area contributed by atoms with Crippen molar-refractivity contribution in [3.8, 4) is 0 Å². The molecule has 2 aromatic heterocycles. The van der Waals surface area contributed by atoms with Crippen LogP contribution in [-0.2, 0) is 6.54 Å². The number of amides is 2. The van der Waals surface area contributed by atoms with Gasteiger partial charge in [0.15, 0.2) is 0 Å². The molecule has 0 spiro atoms. The Bertz CT molecular complexity index is 646. The van der Waals surface area contributed by atoms with Crippen LogP contribution in [-0.4, -0.2) is 41.2 Å². The fourth-order valence-electron chi connectivity index (χ4n) is 2.74. The van der Waals surface area contributed by atoms with Gasteiger partial charge in [0.2, 0.25) is 0 Å². The summed E-state index contributed by atoms with van der Waals surface area (Å²) in [7, 11) is 0. The molecule has 1 saturated heterocycles. The fraction of sp³-hybridized carbons (Fsp3) is 0.467. The molecule has 0 unspecified atom stereocenters. The smallest absolute Gasteiger partial charge is 0.319 e. The molecule has 8 heteroatoms. The maximum absolute atomic E-state index is 13.8. The number of hydrogen-bond donors (Lipinski definition) is 2. The Morgan fingerprint density at radius 2 is 2.39 bits per heavy atom. The zero-order valence-corrected chi connectivity index (χ0v) is 14.4. The average molecular weight is 354 g/mol. The van der Waals surface area contributed by atoms with Gasteiger partial charge in [-0.15, -0.1) is 11.3 Å². The third kappa shape index (κ3) is 4.49. The zero-order chi connectivity index (χ0) is 16.2. The van der Waals surface area contributed by atoms with Crippen molar-refractivity contribution in [3.05, 3.63) is 32.9 Å². The molecule has 0 radical (unpaired) electrons. The summed E-state index contributed by atoms with van der Waals surface area (Å²) in [5.41, 5.74) is 1.74. The van der Waals surface area contributed by atoms with E-state index in [9.17, 15) is 9.18 Å². The Kier molecular flexibility index (Phi) is 5.24. The molecule has 0 saturated carbocycles. The van der Waals surface area contributed by atoms with E-state index in [-0.39, 0.29) is 12.1 Å². The van der Waals surface area contributed by atoms with E-state index in [2.05, 4.69) is 20.5 Å². The van der Waals surface area contributed by atoms with Crippen LogP contribution in [0.2, 0.25) is 0 Å². The molecule has 2 N–H and O–H groups in total. The van der Waals surface area contributed by atoms with Crippen molar-refractivity contribution in [1.82, 2.24) is 15.2 Å². The van der Waals surface area contributed by atoms with Gasteiger partial charge >= 0.3 is 6.03 Å². The normalized spacial score (nSPS) is 21.5. The lowest BCUT2D eigenvalue weighted by molar-refractivity contribution is 0.222. The molecular weight excluding hydrogens is 335 g/mol. The molecule has 124 valence electrons. The molecular formula is C15H19FN4OS2. The monoisotopic (exact) mass is 354 g/mol. The minimum Gasteiger partial charge on any atom is -0.336 e. The molecule has 1 fully saturated rings. The number of alkyl halides is 1. The van der Waals surface area contributed by atoms with Crippen LogP contribution in [0.15, 0.2) is 22.2 Å². The number of aryl methyl sites for hydroxylation is 1. The van der Waals surface area contributed by atoms with Crippen LogP contribution in [0.25, 0.3) is 0 Å². The lowest BCUT2D eigenvalue weighted by Gasteiger charge is -2.23. The minimum absolute atomic E-state index is 0.000214. The number of urea groups is 1. The highest BCUT2D eigenvalue weighted by Crippen LogP contribution is 2.23. The molecule has 5 nitrogen and oxygen atoms in total. The lowest BCUT2D eigenvalue weighted by atomic mass is 10.2. The number of anilines is 1. The number of carbonyl (C=O) groups excluding carboxylic acids is 1. The summed E-state index contributed by atoms with van der Waals surface area (Å²) >= 11 is 3.12. The van der Waals surface area contributed by atoms with Crippen molar-refractivity contribution in [3.63, 3.8) is 0 Å². The van der Waals surface area contributed by atoms with E-state index >= 15 is 0 Å². The van der Waals surface area contributed by atoms with Gasteiger partial charge in [-0.2, -0.15) is 11.3 Å². The van der Waals surface area contributed by atoms with E-state index in [4.69, 9.17) is 0 Å². The largest absolute Gasteiger partial charge is 0.336 e. The van der Waals surface area contributed by atoms with Gasteiger partial charge in [-0.3, -0.25) is 4.90 Å². The van der Waals surface area contributed by atoms with Gasteiger partial charge < -0.3 is 10.6 Å². The van der Waals surface area contributed by atoms with E-state index in [1.807, 2.05) is 29.1 Å². The second kappa shape index (κ2) is 7.37. The van der Waals surface area contributed by atoms with E-state index < -0.39 is 6.17 Å². The minimum atomic E-state index is -0.846. The first kappa shape index (κ1) is 16.4. The third-order valence-electron chi connectivity index (χ3n) is 3.79. The molecule has 2 atom stereocenters. The lowest BCUT2D eigenvalue weighted by Crippen LogP contribution is -2.41. The number of nitrogens with one attached hydrogen (secondary N) is 2. The number of carbonyl (C=O) groups is 1. The van der Waals surface area contributed by atoms with Gasteiger partial charge in [0.05, 0.1) is 16.4 Å². The van der Waals surface area contributed by atoms with Crippen LogP contribution in [0.3, 0.4) is 0 Å². The van der Waals surface area contributed by atoms with Crippen LogP contribution in [0, 0.1) is 6.92 Å². The summed E-state index contributed by atoms with van der Waals surface area (Å²) in [5.74, 6) is 0. The highest BCUT2D eigenvalue weighted by atomic mass is 32.1. The van der Waals surface area contributed by atoms with E-state index in [0.717, 1.165) is 16.4 Å². The molecule has 2 aromatic rings. The first-order valence-electron chi connectivity index (χ1n) is 7.46. The van der Waals surface area contributed by atoms with Crippen molar-refractivity contribution in [1.29, 1.82) is 0 Å². The van der Waals surface area contributed by atoms with Crippen LogP contribution >= 0.6 is 22.7 Å². The van der Waals surface area contributed by atoms with Gasteiger partial charge in [0, 0.05) is 36.4 Å². The number of nitrogens with zero attached hydrogens (tertiary/aromatic N) is 2. The summed E-state index contributed by atoms with van der Waals surface area (Å²) in [6.45, 7) is 3.42. The molecule has 0 aromatic carbocycles. The summed E-state index contributed by atoms with van der Waals surface area (Å²) in [4.78, 5) is 18.4. The van der Waals surface area contributed by atoms with Gasteiger partial charge in [0.25, 0.3) is 0 Å². The number of likely N-dealkylation sites (tertiary alicyclic amines) is 1. The summed E-state index contributed by atoms with van der Waals surface area (Å²) in [5, 5.41) is 12.4. The molecule has 0 bridgehead atoms. The van der Waals surface area contributed by atoms with Crippen molar-refractivity contribution in [2.24, 2.45) is 0 Å². The SMILES string of the molecule is Cc1nc(CN2C[C@@H](F)C[C@H]2CNC(=O)Nc2ccsc2)cs1. The number of hydrogen-bond acceptors (Lipinski definition) is 5. The van der Waals surface area contributed by atoms with Crippen molar-refractivity contribution in [2.45, 2.75) is 32.1 Å². The fourth-order valence-corrected chi connectivity index (χ4v) is 3.93. The summed E-state index contributed by atoms with van der Waals surface area (Å²) in [6, 6.07) is 1.59. The van der Waals surface area contributed by atoms with E-state index in [1.165, 1.54) is 11.3 Å². The standard InChI is InChI=1S/C15H19FN4OS2/c1-10-18-13(9-23-10)7-20-6-11(16)4-14(20)5-17-15(21)19-12-2-3-22-8-12/h2-3,8-9,11,14H,4-7H2,1H3,(H2,17,19,21)/t11-,14-/m0/s1. The topological polar surface area (TPSA) is 57.3 Å². The maximum Gasteiger partial charge on any atom is 0.319 e. The molecule has 23 heavy (non-hydrogen) atoms. The van der Waals surface area contributed by atoms with Gasteiger partial charge in [-0.05, 0) is 24.8 Å². The predicted molar refractivity (Wildman–Crippen MR) is 91.9 cm³/mol. The van der Waals surface area contributed by atoms with Crippen molar-refractivity contribution in [2.75, 3.05) is 18.4 Å². The molecule has 1 aliphatic heterocycles. The molecule has 1 aliphatic rings. The van der Waals surface area contributed by atoms with Gasteiger partial charge in [-0.1, -0.05) is 0 Å². The Hall–Kier alpha value is -1.51. The number of thiazole rings is 1. The second-order valence-corrected chi connectivity index (χ2v) is 7.46. The van der Waals surface area contributed by atoms with Crippen LogP contribution < -0.4 is 10.6 Å². The second-order valence-electron chi connectivity index (χ2n) is 5.62. The molecule has 3 rings (SSSR count). The highest BCUT2D eigenvalue weighted by Gasteiger charge is 2.32. The average Bonchev–Trinajstić information content (AvgIpc) is 3.21. The Morgan fingerprint density at radius 1 is 1.52 bits per heavy atom. The predicted octanol–water partition coefficient (Wildman–Crippen LogP) is 3.25. The van der Waals surface area contributed by atoms with Crippen LogP contribution in [0.1, 0.15) is 17.1 Å². The quantitative estimate of drug-likeness (QED) is 0.867. The van der Waals surface area contributed by atoms with E-state index in [0.29, 0.717) is 26.1 Å². The van der Waals surface area contributed by atoms with Gasteiger partial charge in [0.1, 0.15) is 6.17 Å². The summed E-state index contributed by atoms with van der Waals surface area (Å²) in [6.07, 6.45) is -0.400. The van der Waals surface area contributed by atoms with Crippen molar-refractivity contribution >= 4 is 34.4 Å². The Balaban J connectivity index is 1.51. The van der Waals surface area contributed by atoms with Crippen molar-refractivity contribution < 1.29 is 9.18 Å². The number of thiophene rings is 1. The van der Waals surface area contributed by atoms with E-state index in [1.54, 1.807) is 11.3 Å². The number of rotatable bonds is 5. The number of aromatic nitrogens is 1. The van der Waals surface area contributed by atoms with Crippen LogP contribution in [0.5, 0.6) is 0 Å². The third-order valence-corrected chi connectivity index (χ3v) is 5.29.